The van der Waals surface area contributed by atoms with Crippen molar-refractivity contribution in [3.63, 3.8) is 0 Å². The number of hydrogen-bond acceptors (Lipinski definition) is 2. The van der Waals surface area contributed by atoms with Crippen LogP contribution in [0.3, 0.4) is 0 Å². The summed E-state index contributed by atoms with van der Waals surface area (Å²) in [6.45, 7) is 0. The molecular formula is C12H9N3O. The molecule has 0 radical (unpaired) electrons. The third-order valence-corrected chi connectivity index (χ3v) is 2.42. The van der Waals surface area contributed by atoms with Gasteiger partial charge in [0.05, 0.1) is 0 Å². The second-order valence-electron chi connectivity index (χ2n) is 3.50. The molecule has 0 bridgehead atoms. The number of nitrogens with one attached hydrogen (secondary N) is 1. The number of nitrogens with zero attached hydrogens (tertiary/aromatic N) is 2. The van der Waals surface area contributed by atoms with E-state index in [4.69, 9.17) is 0 Å². The molecular weight excluding hydrogens is 202 g/mol. The maximum atomic E-state index is 11.5. The van der Waals surface area contributed by atoms with Gasteiger partial charge in [-0.25, -0.2) is 4.98 Å². The van der Waals surface area contributed by atoms with Crippen LogP contribution in [0.4, 0.5) is 0 Å². The van der Waals surface area contributed by atoms with Gasteiger partial charge in [0.15, 0.2) is 11.5 Å². The smallest absolute Gasteiger partial charge is 0.271 e. The zero-order chi connectivity index (χ0) is 11.0. The van der Waals surface area contributed by atoms with Crippen molar-refractivity contribution in [1.29, 1.82) is 0 Å². The van der Waals surface area contributed by atoms with Gasteiger partial charge in [0.1, 0.15) is 0 Å². The first-order valence-electron chi connectivity index (χ1n) is 4.98. The van der Waals surface area contributed by atoms with Gasteiger partial charge in [-0.1, -0.05) is 36.4 Å². The summed E-state index contributed by atoms with van der Waals surface area (Å²) in [5.41, 5.74) is 1.49. The minimum Gasteiger partial charge on any atom is -0.272 e. The third-order valence-electron chi connectivity index (χ3n) is 2.42. The molecule has 2 aromatic heterocycles. The first-order chi connectivity index (χ1) is 7.84. The SMILES string of the molecule is O=c1cccc2nc(-c3ccccc3)[nH]n12. The van der Waals surface area contributed by atoms with Gasteiger partial charge in [-0.05, 0) is 6.07 Å². The summed E-state index contributed by atoms with van der Waals surface area (Å²) in [6, 6.07) is 14.7. The summed E-state index contributed by atoms with van der Waals surface area (Å²) in [5, 5.41) is 2.97. The second-order valence-corrected chi connectivity index (χ2v) is 3.50. The zero-order valence-corrected chi connectivity index (χ0v) is 8.42. The lowest BCUT2D eigenvalue weighted by Crippen LogP contribution is -2.11. The van der Waals surface area contributed by atoms with E-state index in [-0.39, 0.29) is 5.56 Å². The van der Waals surface area contributed by atoms with Crippen LogP contribution in [-0.4, -0.2) is 14.6 Å². The highest BCUT2D eigenvalue weighted by molar-refractivity contribution is 5.57. The van der Waals surface area contributed by atoms with Crippen LogP contribution in [0.5, 0.6) is 0 Å². The maximum absolute atomic E-state index is 11.5. The molecule has 3 rings (SSSR count). The molecule has 0 spiro atoms. The summed E-state index contributed by atoms with van der Waals surface area (Å²) in [4.78, 5) is 15.9. The summed E-state index contributed by atoms with van der Waals surface area (Å²) in [5.74, 6) is 0.698. The number of aromatic amines is 1. The molecule has 0 aliphatic carbocycles. The molecule has 4 heteroatoms. The summed E-state index contributed by atoms with van der Waals surface area (Å²) in [6.07, 6.45) is 0. The first kappa shape index (κ1) is 8.91. The molecule has 0 atom stereocenters. The Bertz CT molecular complexity index is 682. The number of hydrogen-bond donors (Lipinski definition) is 1. The highest BCUT2D eigenvalue weighted by Crippen LogP contribution is 2.14. The molecule has 0 aliphatic rings. The van der Waals surface area contributed by atoms with Crippen molar-refractivity contribution in [2.75, 3.05) is 0 Å². The summed E-state index contributed by atoms with van der Waals surface area (Å²) < 4.78 is 1.43. The Morgan fingerprint density at radius 1 is 1.00 bits per heavy atom. The zero-order valence-electron chi connectivity index (χ0n) is 8.42. The second kappa shape index (κ2) is 3.34. The summed E-state index contributed by atoms with van der Waals surface area (Å²) in [7, 11) is 0. The molecule has 16 heavy (non-hydrogen) atoms. The Balaban J connectivity index is 2.28. The molecule has 0 aliphatic heterocycles. The van der Waals surface area contributed by atoms with Crippen molar-refractivity contribution < 1.29 is 0 Å². The molecule has 0 unspecified atom stereocenters. The lowest BCUT2D eigenvalue weighted by molar-refractivity contribution is 0.924. The van der Waals surface area contributed by atoms with Gasteiger partial charge in [-0.2, -0.15) is 4.52 Å². The van der Waals surface area contributed by atoms with Crippen LogP contribution in [0.1, 0.15) is 0 Å². The molecule has 0 saturated carbocycles. The molecule has 1 aromatic carbocycles. The minimum atomic E-state index is -0.104. The molecule has 1 N–H and O–H groups in total. The Morgan fingerprint density at radius 3 is 2.56 bits per heavy atom. The average molecular weight is 211 g/mol. The molecule has 0 fully saturated rings. The lowest BCUT2D eigenvalue weighted by atomic mass is 10.2. The van der Waals surface area contributed by atoms with E-state index in [9.17, 15) is 4.79 Å². The topological polar surface area (TPSA) is 50.2 Å². The van der Waals surface area contributed by atoms with E-state index in [1.165, 1.54) is 10.6 Å². The molecule has 78 valence electrons. The predicted octanol–water partition coefficient (Wildman–Crippen LogP) is 1.69. The van der Waals surface area contributed by atoms with E-state index in [0.29, 0.717) is 11.5 Å². The van der Waals surface area contributed by atoms with Crippen LogP contribution in [-0.2, 0) is 0 Å². The fourth-order valence-corrected chi connectivity index (χ4v) is 1.65. The first-order valence-corrected chi connectivity index (χ1v) is 4.98. The third kappa shape index (κ3) is 1.32. The van der Waals surface area contributed by atoms with Crippen LogP contribution in [0.25, 0.3) is 17.0 Å². The van der Waals surface area contributed by atoms with Crippen LogP contribution < -0.4 is 5.56 Å². The van der Waals surface area contributed by atoms with Gasteiger partial charge in [0, 0.05) is 11.6 Å². The predicted molar refractivity (Wildman–Crippen MR) is 61.2 cm³/mol. The fraction of sp³-hybridized carbons (Fsp3) is 0. The number of aromatic nitrogens is 3. The Morgan fingerprint density at radius 2 is 1.81 bits per heavy atom. The molecule has 3 aromatic rings. The molecule has 0 amide bonds. The van der Waals surface area contributed by atoms with Crippen LogP contribution >= 0.6 is 0 Å². The quantitative estimate of drug-likeness (QED) is 0.665. The number of pyridine rings is 1. The van der Waals surface area contributed by atoms with Gasteiger partial charge in [0.2, 0.25) is 0 Å². The molecule has 0 saturated heterocycles. The van der Waals surface area contributed by atoms with Gasteiger partial charge in [0.25, 0.3) is 5.56 Å². The van der Waals surface area contributed by atoms with Crippen molar-refractivity contribution in [3.05, 3.63) is 58.9 Å². The summed E-state index contributed by atoms with van der Waals surface area (Å²) >= 11 is 0. The highest BCUT2D eigenvalue weighted by Gasteiger charge is 2.04. The minimum absolute atomic E-state index is 0.104. The largest absolute Gasteiger partial charge is 0.272 e. The van der Waals surface area contributed by atoms with E-state index in [1.807, 2.05) is 30.3 Å². The number of benzene rings is 1. The maximum Gasteiger partial charge on any atom is 0.271 e. The number of fused-ring (bicyclic) bond motifs is 1. The van der Waals surface area contributed by atoms with Crippen molar-refractivity contribution >= 4 is 5.65 Å². The number of H-pyrrole nitrogens is 1. The van der Waals surface area contributed by atoms with Crippen LogP contribution in [0.15, 0.2) is 53.3 Å². The van der Waals surface area contributed by atoms with Gasteiger partial charge < -0.3 is 0 Å². The van der Waals surface area contributed by atoms with Gasteiger partial charge in [-0.3, -0.25) is 9.89 Å². The molecule has 2 heterocycles. The van der Waals surface area contributed by atoms with Crippen LogP contribution in [0, 0.1) is 0 Å². The van der Waals surface area contributed by atoms with Gasteiger partial charge >= 0.3 is 0 Å². The van der Waals surface area contributed by atoms with E-state index in [0.717, 1.165) is 5.56 Å². The standard InChI is InChI=1S/C12H9N3O/c16-11-8-4-7-10-13-12(14-15(10)11)9-5-2-1-3-6-9/h1-8H,(H,13,14). The van der Waals surface area contributed by atoms with Crippen molar-refractivity contribution in [1.82, 2.24) is 14.6 Å². The average Bonchev–Trinajstić information content (AvgIpc) is 2.76. The van der Waals surface area contributed by atoms with Crippen molar-refractivity contribution in [2.24, 2.45) is 0 Å². The fourth-order valence-electron chi connectivity index (χ4n) is 1.65. The Labute approximate surface area is 91.2 Å². The van der Waals surface area contributed by atoms with E-state index in [1.54, 1.807) is 12.1 Å². The lowest BCUT2D eigenvalue weighted by Gasteiger charge is -1.92. The van der Waals surface area contributed by atoms with E-state index in [2.05, 4.69) is 10.1 Å². The van der Waals surface area contributed by atoms with Crippen molar-refractivity contribution in [3.8, 4) is 11.4 Å². The van der Waals surface area contributed by atoms with Crippen molar-refractivity contribution in [2.45, 2.75) is 0 Å². The number of rotatable bonds is 1. The highest BCUT2D eigenvalue weighted by atomic mass is 16.1. The Kier molecular flexibility index (Phi) is 1.86. The van der Waals surface area contributed by atoms with E-state index < -0.39 is 0 Å². The van der Waals surface area contributed by atoms with Crippen LogP contribution in [0.2, 0.25) is 0 Å². The van der Waals surface area contributed by atoms with E-state index >= 15 is 0 Å². The normalized spacial score (nSPS) is 10.8. The molecule has 4 nitrogen and oxygen atoms in total. The monoisotopic (exact) mass is 211 g/mol. The van der Waals surface area contributed by atoms with Gasteiger partial charge in [-0.15, -0.1) is 0 Å². The Hall–Kier alpha value is -2.36.